The van der Waals surface area contributed by atoms with Crippen LogP contribution in [-0.2, 0) is 5.88 Å². The molecule has 0 radical (unpaired) electrons. The third kappa shape index (κ3) is 2.97. The lowest BCUT2D eigenvalue weighted by molar-refractivity contribution is 0.552. The predicted octanol–water partition coefficient (Wildman–Crippen LogP) is 4.29. The van der Waals surface area contributed by atoms with Crippen LogP contribution in [0.25, 0.3) is 0 Å². The largest absolute Gasteiger partial charge is 0.354 e. The van der Waals surface area contributed by atoms with Crippen LogP contribution in [-0.4, -0.2) is 17.6 Å². The second-order valence-electron chi connectivity index (χ2n) is 5.15. The van der Waals surface area contributed by atoms with Crippen molar-refractivity contribution in [1.82, 2.24) is 4.98 Å². The van der Waals surface area contributed by atoms with Crippen molar-refractivity contribution >= 4 is 17.4 Å². The third-order valence-corrected chi connectivity index (χ3v) is 4.26. The number of alkyl halides is 1. The average molecular weight is 267 g/mol. The lowest BCUT2D eigenvalue weighted by atomic mass is 10.1. The Bertz CT molecular complexity index is 392. The normalized spacial score (nSPS) is 20.8. The molecule has 1 saturated heterocycles. The van der Waals surface area contributed by atoms with E-state index in [0.717, 1.165) is 23.6 Å². The predicted molar refractivity (Wildman–Crippen MR) is 78.4 cm³/mol. The van der Waals surface area contributed by atoms with Crippen molar-refractivity contribution in [2.24, 2.45) is 0 Å². The van der Waals surface area contributed by atoms with Crippen LogP contribution < -0.4 is 4.90 Å². The molecule has 0 N–H and O–H groups in total. The Morgan fingerprint density at radius 2 is 2.17 bits per heavy atom. The first kappa shape index (κ1) is 13.7. The maximum atomic E-state index is 5.90. The molecular weight excluding hydrogens is 244 g/mol. The lowest BCUT2D eigenvalue weighted by Crippen LogP contribution is -2.35. The molecule has 0 saturated carbocycles. The molecule has 2 nitrogen and oxygen atoms in total. The van der Waals surface area contributed by atoms with Crippen LogP contribution in [0.15, 0.2) is 12.1 Å². The first-order valence-electron chi connectivity index (χ1n) is 7.05. The van der Waals surface area contributed by atoms with Crippen molar-refractivity contribution in [2.45, 2.75) is 57.9 Å². The number of halogens is 1. The molecule has 1 aliphatic rings. The van der Waals surface area contributed by atoms with E-state index in [9.17, 15) is 0 Å². The molecule has 3 heteroatoms. The van der Waals surface area contributed by atoms with E-state index in [1.165, 1.54) is 32.1 Å². The Balaban J connectivity index is 2.24. The molecule has 0 aliphatic carbocycles. The quantitative estimate of drug-likeness (QED) is 0.759. The molecule has 0 bridgehead atoms. The number of hydrogen-bond acceptors (Lipinski definition) is 2. The Labute approximate surface area is 115 Å². The molecule has 18 heavy (non-hydrogen) atoms. The number of rotatable bonds is 3. The van der Waals surface area contributed by atoms with Gasteiger partial charge in [0, 0.05) is 24.2 Å². The van der Waals surface area contributed by atoms with Gasteiger partial charge in [-0.3, -0.25) is 0 Å². The zero-order valence-corrected chi connectivity index (χ0v) is 12.2. The van der Waals surface area contributed by atoms with Crippen molar-refractivity contribution in [3.05, 3.63) is 23.4 Å². The van der Waals surface area contributed by atoms with E-state index in [-0.39, 0.29) is 0 Å². The van der Waals surface area contributed by atoms with Gasteiger partial charge in [-0.25, -0.2) is 4.98 Å². The SMILES string of the molecule is CCC1CCCCCN1c1ccc(CCl)c(C)n1. The van der Waals surface area contributed by atoms with E-state index in [4.69, 9.17) is 16.6 Å². The van der Waals surface area contributed by atoms with Gasteiger partial charge in [0.15, 0.2) is 0 Å². The molecule has 1 atom stereocenters. The van der Waals surface area contributed by atoms with E-state index in [2.05, 4.69) is 30.9 Å². The van der Waals surface area contributed by atoms with Gasteiger partial charge in [-0.2, -0.15) is 0 Å². The van der Waals surface area contributed by atoms with Crippen LogP contribution in [0.2, 0.25) is 0 Å². The summed E-state index contributed by atoms with van der Waals surface area (Å²) >= 11 is 5.90. The molecule has 0 amide bonds. The summed E-state index contributed by atoms with van der Waals surface area (Å²) in [7, 11) is 0. The van der Waals surface area contributed by atoms with Gasteiger partial charge in [-0.15, -0.1) is 11.6 Å². The number of aryl methyl sites for hydroxylation is 1. The fourth-order valence-electron chi connectivity index (χ4n) is 2.78. The summed E-state index contributed by atoms with van der Waals surface area (Å²) < 4.78 is 0. The molecule has 1 aromatic heterocycles. The van der Waals surface area contributed by atoms with Gasteiger partial charge in [0.1, 0.15) is 5.82 Å². The van der Waals surface area contributed by atoms with Gasteiger partial charge < -0.3 is 4.90 Å². The summed E-state index contributed by atoms with van der Waals surface area (Å²) in [6.45, 7) is 5.48. The van der Waals surface area contributed by atoms with Crippen molar-refractivity contribution in [3.63, 3.8) is 0 Å². The standard InChI is InChI=1S/C15H23ClN2/c1-3-14-7-5-4-6-10-18(14)15-9-8-13(11-16)12(2)17-15/h8-9,14H,3-7,10-11H2,1-2H3. The summed E-state index contributed by atoms with van der Waals surface area (Å²) in [6.07, 6.45) is 6.50. The maximum Gasteiger partial charge on any atom is 0.129 e. The Morgan fingerprint density at radius 1 is 1.33 bits per heavy atom. The van der Waals surface area contributed by atoms with Gasteiger partial charge in [0.2, 0.25) is 0 Å². The Morgan fingerprint density at radius 3 is 2.83 bits per heavy atom. The highest BCUT2D eigenvalue weighted by Crippen LogP contribution is 2.25. The molecule has 2 heterocycles. The number of hydrogen-bond donors (Lipinski definition) is 0. The minimum atomic E-state index is 0.552. The van der Waals surface area contributed by atoms with Crippen LogP contribution in [0.4, 0.5) is 5.82 Å². The summed E-state index contributed by atoms with van der Waals surface area (Å²) in [5.74, 6) is 1.69. The van der Waals surface area contributed by atoms with E-state index < -0.39 is 0 Å². The van der Waals surface area contributed by atoms with Crippen molar-refractivity contribution in [3.8, 4) is 0 Å². The van der Waals surface area contributed by atoms with Crippen LogP contribution in [0.3, 0.4) is 0 Å². The highest BCUT2D eigenvalue weighted by atomic mass is 35.5. The Kier molecular flexibility index (Phi) is 4.87. The fourth-order valence-corrected chi connectivity index (χ4v) is 3.06. The van der Waals surface area contributed by atoms with Crippen LogP contribution in [0.1, 0.15) is 50.3 Å². The number of aromatic nitrogens is 1. The van der Waals surface area contributed by atoms with Crippen molar-refractivity contribution < 1.29 is 0 Å². The lowest BCUT2D eigenvalue weighted by Gasteiger charge is -2.30. The molecule has 100 valence electrons. The fraction of sp³-hybridized carbons (Fsp3) is 0.667. The van der Waals surface area contributed by atoms with Gasteiger partial charge in [-0.1, -0.05) is 25.8 Å². The second-order valence-corrected chi connectivity index (χ2v) is 5.42. The summed E-state index contributed by atoms with van der Waals surface area (Å²) in [4.78, 5) is 7.25. The summed E-state index contributed by atoms with van der Waals surface area (Å²) in [6, 6.07) is 4.92. The van der Waals surface area contributed by atoms with E-state index in [0.29, 0.717) is 11.9 Å². The highest BCUT2D eigenvalue weighted by Gasteiger charge is 2.20. The monoisotopic (exact) mass is 266 g/mol. The Hall–Kier alpha value is -0.760. The molecule has 0 spiro atoms. The molecule has 1 aliphatic heterocycles. The minimum Gasteiger partial charge on any atom is -0.354 e. The smallest absolute Gasteiger partial charge is 0.129 e. The molecule has 0 aromatic carbocycles. The molecule has 1 unspecified atom stereocenters. The first-order valence-corrected chi connectivity index (χ1v) is 7.58. The highest BCUT2D eigenvalue weighted by molar-refractivity contribution is 6.17. The van der Waals surface area contributed by atoms with Gasteiger partial charge in [-0.05, 0) is 37.8 Å². The van der Waals surface area contributed by atoms with Crippen LogP contribution >= 0.6 is 11.6 Å². The van der Waals surface area contributed by atoms with E-state index >= 15 is 0 Å². The van der Waals surface area contributed by atoms with E-state index in [1.807, 2.05) is 0 Å². The zero-order chi connectivity index (χ0) is 13.0. The zero-order valence-electron chi connectivity index (χ0n) is 11.5. The van der Waals surface area contributed by atoms with Crippen LogP contribution in [0.5, 0.6) is 0 Å². The minimum absolute atomic E-state index is 0.552. The van der Waals surface area contributed by atoms with Crippen molar-refractivity contribution in [2.75, 3.05) is 11.4 Å². The van der Waals surface area contributed by atoms with Gasteiger partial charge in [0.25, 0.3) is 0 Å². The molecule has 2 rings (SSSR count). The number of pyridine rings is 1. The molecular formula is C15H23ClN2. The summed E-state index contributed by atoms with van der Waals surface area (Å²) in [5, 5.41) is 0. The van der Waals surface area contributed by atoms with E-state index in [1.54, 1.807) is 0 Å². The summed E-state index contributed by atoms with van der Waals surface area (Å²) in [5.41, 5.74) is 2.21. The average Bonchev–Trinajstić information content (AvgIpc) is 2.63. The first-order chi connectivity index (χ1) is 8.76. The third-order valence-electron chi connectivity index (χ3n) is 3.97. The van der Waals surface area contributed by atoms with Gasteiger partial charge in [0.05, 0.1) is 0 Å². The second kappa shape index (κ2) is 6.42. The van der Waals surface area contributed by atoms with Crippen LogP contribution in [0, 0.1) is 6.92 Å². The number of nitrogens with zero attached hydrogens (tertiary/aromatic N) is 2. The topological polar surface area (TPSA) is 16.1 Å². The number of anilines is 1. The maximum absolute atomic E-state index is 5.90. The van der Waals surface area contributed by atoms with Gasteiger partial charge >= 0.3 is 0 Å². The molecule has 1 fully saturated rings. The van der Waals surface area contributed by atoms with Crippen molar-refractivity contribution in [1.29, 1.82) is 0 Å². The molecule has 1 aromatic rings.